The number of ether oxygens (including phenoxy) is 1. The molecule has 0 radical (unpaired) electrons. The van der Waals surface area contributed by atoms with Crippen molar-refractivity contribution in [1.82, 2.24) is 4.90 Å². The maximum atomic E-state index is 9.97. The molecule has 0 aromatic carbocycles. The summed E-state index contributed by atoms with van der Waals surface area (Å²) in [5.74, 6) is 0. The molecule has 0 N–H and O–H groups in total. The average molecular weight is 169 g/mol. The number of aldehydes is 1. The summed E-state index contributed by atoms with van der Waals surface area (Å²) in [6, 6.07) is 0. The van der Waals surface area contributed by atoms with E-state index < -0.39 is 0 Å². The van der Waals surface area contributed by atoms with Crippen molar-refractivity contribution >= 4 is 6.29 Å². The van der Waals surface area contributed by atoms with Crippen LogP contribution in [0.2, 0.25) is 0 Å². The van der Waals surface area contributed by atoms with Gasteiger partial charge in [-0.15, -0.1) is 0 Å². The first-order valence-corrected chi connectivity index (χ1v) is 4.22. The van der Waals surface area contributed by atoms with E-state index in [1.165, 1.54) is 0 Å². The van der Waals surface area contributed by atoms with E-state index in [-0.39, 0.29) is 0 Å². The van der Waals surface area contributed by atoms with Gasteiger partial charge in [0.25, 0.3) is 0 Å². The average Bonchev–Trinajstić information content (AvgIpc) is 2.53. The Hall–Kier alpha value is -0.670. The lowest BCUT2D eigenvalue weighted by atomic mass is 10.3. The van der Waals surface area contributed by atoms with Crippen molar-refractivity contribution in [3.05, 3.63) is 12.2 Å². The van der Waals surface area contributed by atoms with Crippen LogP contribution in [0.5, 0.6) is 0 Å². The third-order valence-electron chi connectivity index (χ3n) is 2.14. The fourth-order valence-electron chi connectivity index (χ4n) is 1.42. The Morgan fingerprint density at radius 2 is 2.50 bits per heavy atom. The molecule has 1 saturated heterocycles. The Bertz CT molecular complexity index is 168. The third-order valence-corrected chi connectivity index (χ3v) is 2.14. The number of hydrogen-bond acceptors (Lipinski definition) is 3. The zero-order chi connectivity index (χ0) is 8.81. The summed E-state index contributed by atoms with van der Waals surface area (Å²) in [5, 5.41) is 0. The Balaban J connectivity index is 2.18. The molecule has 0 saturated carbocycles. The highest BCUT2D eigenvalue weighted by molar-refractivity contribution is 5.64. The first-order chi connectivity index (χ1) is 5.86. The second kappa shape index (κ2) is 5.06. The molecule has 0 amide bonds. The molecule has 0 bridgehead atoms. The maximum Gasteiger partial charge on any atom is 0.142 e. The molecule has 0 aliphatic carbocycles. The van der Waals surface area contributed by atoms with Crippen molar-refractivity contribution in [2.75, 3.05) is 26.7 Å². The summed E-state index contributed by atoms with van der Waals surface area (Å²) >= 11 is 0. The first kappa shape index (κ1) is 9.42. The summed E-state index contributed by atoms with van der Waals surface area (Å²) in [6.07, 6.45) is 5.72. The van der Waals surface area contributed by atoms with Gasteiger partial charge in [-0.2, -0.15) is 0 Å². The molecule has 3 heteroatoms. The normalized spacial score (nSPS) is 25.2. The highest BCUT2D eigenvalue weighted by atomic mass is 16.5. The topological polar surface area (TPSA) is 29.5 Å². The molecule has 1 atom stereocenters. The van der Waals surface area contributed by atoms with Crippen LogP contribution < -0.4 is 0 Å². The van der Waals surface area contributed by atoms with Crippen LogP contribution in [-0.2, 0) is 9.53 Å². The van der Waals surface area contributed by atoms with Gasteiger partial charge >= 0.3 is 0 Å². The van der Waals surface area contributed by atoms with Crippen LogP contribution >= 0.6 is 0 Å². The van der Waals surface area contributed by atoms with Gasteiger partial charge in [-0.25, -0.2) is 0 Å². The van der Waals surface area contributed by atoms with Crippen molar-refractivity contribution < 1.29 is 9.53 Å². The highest BCUT2D eigenvalue weighted by Gasteiger charge is 2.20. The number of hydrogen-bond donors (Lipinski definition) is 0. The number of carbonyl (C=O) groups is 1. The Morgan fingerprint density at radius 3 is 3.08 bits per heavy atom. The summed E-state index contributed by atoms with van der Waals surface area (Å²) in [5.41, 5.74) is 0. The molecule has 0 aromatic rings. The molecular formula is C9H15NO2. The molecule has 0 aromatic heterocycles. The number of carbonyl (C=O) groups excluding carboxylic acids is 1. The van der Waals surface area contributed by atoms with E-state index >= 15 is 0 Å². The number of likely N-dealkylation sites (tertiary alicyclic amines) is 1. The number of methoxy groups -OCH3 is 1. The van der Waals surface area contributed by atoms with Crippen LogP contribution in [0.15, 0.2) is 12.2 Å². The van der Waals surface area contributed by atoms with Gasteiger partial charge in [-0.3, -0.25) is 9.69 Å². The van der Waals surface area contributed by atoms with Gasteiger partial charge in [-0.1, -0.05) is 6.08 Å². The van der Waals surface area contributed by atoms with Crippen LogP contribution in [0.1, 0.15) is 6.42 Å². The molecule has 1 rings (SSSR count). The standard InChI is InChI=1S/C9H15NO2/c1-12-9-4-6-10(8-9)5-2-3-7-11/h2-3,7,9H,4-6,8H2,1H3. The Morgan fingerprint density at radius 1 is 1.67 bits per heavy atom. The van der Waals surface area contributed by atoms with E-state index in [1.54, 1.807) is 13.2 Å². The number of rotatable bonds is 4. The minimum atomic E-state index is 0.384. The van der Waals surface area contributed by atoms with Gasteiger partial charge in [0, 0.05) is 26.7 Å². The zero-order valence-electron chi connectivity index (χ0n) is 7.40. The van der Waals surface area contributed by atoms with E-state index in [4.69, 9.17) is 4.74 Å². The SMILES string of the molecule is COC1CCN(CC=CC=O)C1. The predicted octanol–water partition coefficient (Wildman–Crippen LogP) is 0.462. The number of allylic oxidation sites excluding steroid dienone is 1. The van der Waals surface area contributed by atoms with Crippen LogP contribution in [0.3, 0.4) is 0 Å². The predicted molar refractivity (Wildman–Crippen MR) is 47.1 cm³/mol. The molecule has 1 aliphatic rings. The lowest BCUT2D eigenvalue weighted by Gasteiger charge is -2.11. The Labute approximate surface area is 73.0 Å². The summed E-state index contributed by atoms with van der Waals surface area (Å²) in [6.45, 7) is 2.92. The van der Waals surface area contributed by atoms with Gasteiger partial charge in [0.1, 0.15) is 6.29 Å². The fraction of sp³-hybridized carbons (Fsp3) is 0.667. The molecule has 1 aliphatic heterocycles. The van der Waals surface area contributed by atoms with E-state index in [0.717, 1.165) is 32.3 Å². The van der Waals surface area contributed by atoms with E-state index in [2.05, 4.69) is 4.90 Å². The van der Waals surface area contributed by atoms with E-state index in [0.29, 0.717) is 6.10 Å². The van der Waals surface area contributed by atoms with E-state index in [9.17, 15) is 4.79 Å². The highest BCUT2D eigenvalue weighted by Crippen LogP contribution is 2.10. The zero-order valence-corrected chi connectivity index (χ0v) is 7.40. The van der Waals surface area contributed by atoms with Crippen molar-refractivity contribution in [1.29, 1.82) is 0 Å². The molecule has 1 unspecified atom stereocenters. The van der Waals surface area contributed by atoms with Gasteiger partial charge < -0.3 is 4.74 Å². The van der Waals surface area contributed by atoms with Crippen molar-refractivity contribution in [3.8, 4) is 0 Å². The largest absolute Gasteiger partial charge is 0.380 e. The second-order valence-electron chi connectivity index (χ2n) is 2.97. The quantitative estimate of drug-likeness (QED) is 0.452. The molecule has 12 heavy (non-hydrogen) atoms. The van der Waals surface area contributed by atoms with Gasteiger partial charge in [0.05, 0.1) is 6.10 Å². The molecule has 1 heterocycles. The Kier molecular flexibility index (Phi) is 3.97. The third kappa shape index (κ3) is 2.75. The molecule has 1 fully saturated rings. The summed E-state index contributed by atoms with van der Waals surface area (Å²) < 4.78 is 5.21. The smallest absolute Gasteiger partial charge is 0.142 e. The van der Waals surface area contributed by atoms with Gasteiger partial charge in [0.2, 0.25) is 0 Å². The summed E-state index contributed by atoms with van der Waals surface area (Å²) in [4.78, 5) is 12.2. The lowest BCUT2D eigenvalue weighted by Crippen LogP contribution is -2.22. The molecule has 3 nitrogen and oxygen atoms in total. The molecule has 0 spiro atoms. The minimum absolute atomic E-state index is 0.384. The first-order valence-electron chi connectivity index (χ1n) is 4.22. The lowest BCUT2D eigenvalue weighted by molar-refractivity contribution is -0.104. The van der Waals surface area contributed by atoms with Crippen molar-refractivity contribution in [2.45, 2.75) is 12.5 Å². The summed E-state index contributed by atoms with van der Waals surface area (Å²) in [7, 11) is 1.75. The van der Waals surface area contributed by atoms with Crippen LogP contribution in [0.4, 0.5) is 0 Å². The molecule has 68 valence electrons. The monoisotopic (exact) mass is 169 g/mol. The van der Waals surface area contributed by atoms with E-state index in [1.807, 2.05) is 6.08 Å². The van der Waals surface area contributed by atoms with Crippen LogP contribution in [-0.4, -0.2) is 44.0 Å². The maximum absolute atomic E-state index is 9.97. The van der Waals surface area contributed by atoms with Gasteiger partial charge in [-0.05, 0) is 12.5 Å². The van der Waals surface area contributed by atoms with Crippen LogP contribution in [0.25, 0.3) is 0 Å². The molecular weight excluding hydrogens is 154 g/mol. The van der Waals surface area contributed by atoms with Crippen molar-refractivity contribution in [2.24, 2.45) is 0 Å². The number of nitrogens with zero attached hydrogens (tertiary/aromatic N) is 1. The van der Waals surface area contributed by atoms with Gasteiger partial charge in [0.15, 0.2) is 0 Å². The minimum Gasteiger partial charge on any atom is -0.380 e. The van der Waals surface area contributed by atoms with Crippen LogP contribution in [0, 0.1) is 0 Å². The fourth-order valence-corrected chi connectivity index (χ4v) is 1.42. The van der Waals surface area contributed by atoms with Crippen molar-refractivity contribution in [3.63, 3.8) is 0 Å². The second-order valence-corrected chi connectivity index (χ2v) is 2.97.